The van der Waals surface area contributed by atoms with E-state index in [1.165, 1.54) is 34.1 Å². The van der Waals surface area contributed by atoms with Crippen molar-refractivity contribution in [3.05, 3.63) is 27.7 Å². The van der Waals surface area contributed by atoms with Gasteiger partial charge in [0.15, 0.2) is 0 Å². The standard InChI is InChI=1S/C13H19BrN2/c1-9-6-12(7-10(2)13(9)14)16-11-4-3-5-15-8-11/h6-7,11,15-16H,3-5,8H2,1-2H3. The summed E-state index contributed by atoms with van der Waals surface area (Å²) in [6.45, 7) is 6.52. The first kappa shape index (κ1) is 11.9. The van der Waals surface area contributed by atoms with Crippen LogP contribution in [0.1, 0.15) is 24.0 Å². The van der Waals surface area contributed by atoms with Gasteiger partial charge in [-0.15, -0.1) is 0 Å². The summed E-state index contributed by atoms with van der Waals surface area (Å²) in [6, 6.07) is 5.01. The molecule has 2 nitrogen and oxygen atoms in total. The van der Waals surface area contributed by atoms with Crippen LogP contribution in [0.5, 0.6) is 0 Å². The van der Waals surface area contributed by atoms with Crippen LogP contribution in [0.4, 0.5) is 5.69 Å². The number of halogens is 1. The number of hydrogen-bond donors (Lipinski definition) is 2. The van der Waals surface area contributed by atoms with Crippen molar-refractivity contribution in [3.8, 4) is 0 Å². The van der Waals surface area contributed by atoms with Crippen LogP contribution in [0.15, 0.2) is 16.6 Å². The van der Waals surface area contributed by atoms with Gasteiger partial charge in [0.2, 0.25) is 0 Å². The zero-order chi connectivity index (χ0) is 11.5. The molecule has 1 fully saturated rings. The van der Waals surface area contributed by atoms with Gasteiger partial charge >= 0.3 is 0 Å². The molecule has 0 aliphatic carbocycles. The largest absolute Gasteiger partial charge is 0.381 e. The van der Waals surface area contributed by atoms with Crippen LogP contribution >= 0.6 is 15.9 Å². The molecule has 1 atom stereocenters. The second kappa shape index (κ2) is 5.19. The van der Waals surface area contributed by atoms with E-state index in [1.807, 2.05) is 0 Å². The molecule has 1 aliphatic heterocycles. The Morgan fingerprint density at radius 2 is 2.00 bits per heavy atom. The van der Waals surface area contributed by atoms with E-state index in [9.17, 15) is 0 Å². The molecule has 1 saturated heterocycles. The van der Waals surface area contributed by atoms with Gasteiger partial charge < -0.3 is 10.6 Å². The van der Waals surface area contributed by atoms with E-state index in [0.717, 1.165) is 13.1 Å². The number of nitrogens with one attached hydrogen (secondary N) is 2. The van der Waals surface area contributed by atoms with Crippen molar-refractivity contribution in [1.82, 2.24) is 5.32 Å². The lowest BCUT2D eigenvalue weighted by Gasteiger charge is -2.25. The number of hydrogen-bond acceptors (Lipinski definition) is 2. The van der Waals surface area contributed by atoms with Crippen molar-refractivity contribution in [2.75, 3.05) is 18.4 Å². The number of benzene rings is 1. The van der Waals surface area contributed by atoms with Crippen LogP contribution in [0.3, 0.4) is 0 Å². The maximum Gasteiger partial charge on any atom is 0.0386 e. The van der Waals surface area contributed by atoms with Gasteiger partial charge in [-0.3, -0.25) is 0 Å². The van der Waals surface area contributed by atoms with Gasteiger partial charge in [-0.1, -0.05) is 15.9 Å². The van der Waals surface area contributed by atoms with Gasteiger partial charge in [0.05, 0.1) is 0 Å². The Labute approximate surface area is 106 Å². The van der Waals surface area contributed by atoms with E-state index in [-0.39, 0.29) is 0 Å². The number of piperidine rings is 1. The zero-order valence-electron chi connectivity index (χ0n) is 9.94. The molecule has 0 aromatic heterocycles. The van der Waals surface area contributed by atoms with Gasteiger partial charge in [-0.05, 0) is 56.5 Å². The SMILES string of the molecule is Cc1cc(NC2CCCNC2)cc(C)c1Br. The highest BCUT2D eigenvalue weighted by Crippen LogP contribution is 2.25. The summed E-state index contributed by atoms with van der Waals surface area (Å²) in [5.74, 6) is 0. The summed E-state index contributed by atoms with van der Waals surface area (Å²) >= 11 is 3.60. The monoisotopic (exact) mass is 282 g/mol. The Morgan fingerprint density at radius 3 is 2.56 bits per heavy atom. The number of rotatable bonds is 2. The fourth-order valence-corrected chi connectivity index (χ4v) is 2.47. The molecule has 0 spiro atoms. The lowest BCUT2D eigenvalue weighted by Crippen LogP contribution is -2.38. The zero-order valence-corrected chi connectivity index (χ0v) is 11.5. The van der Waals surface area contributed by atoms with E-state index < -0.39 is 0 Å². The third-order valence-corrected chi connectivity index (χ3v) is 4.35. The fraction of sp³-hybridized carbons (Fsp3) is 0.538. The molecule has 1 aliphatic rings. The second-order valence-electron chi connectivity index (χ2n) is 4.61. The summed E-state index contributed by atoms with van der Waals surface area (Å²) in [5, 5.41) is 7.03. The third-order valence-electron chi connectivity index (χ3n) is 3.10. The van der Waals surface area contributed by atoms with Gasteiger partial charge in [0.25, 0.3) is 0 Å². The van der Waals surface area contributed by atoms with Crippen molar-refractivity contribution in [3.63, 3.8) is 0 Å². The Hall–Kier alpha value is -0.540. The molecule has 0 bridgehead atoms. The van der Waals surface area contributed by atoms with Crippen LogP contribution in [0.2, 0.25) is 0 Å². The van der Waals surface area contributed by atoms with E-state index in [2.05, 4.69) is 52.5 Å². The Kier molecular flexibility index (Phi) is 3.87. The first-order chi connectivity index (χ1) is 7.66. The maximum atomic E-state index is 3.61. The lowest BCUT2D eigenvalue weighted by molar-refractivity contribution is 0.480. The molecule has 1 unspecified atom stereocenters. The van der Waals surface area contributed by atoms with Crippen molar-refractivity contribution in [2.45, 2.75) is 32.7 Å². The predicted molar refractivity (Wildman–Crippen MR) is 73.1 cm³/mol. The molecule has 3 heteroatoms. The quantitative estimate of drug-likeness (QED) is 0.870. The van der Waals surface area contributed by atoms with E-state index in [4.69, 9.17) is 0 Å². The highest BCUT2D eigenvalue weighted by atomic mass is 79.9. The minimum Gasteiger partial charge on any atom is -0.381 e. The van der Waals surface area contributed by atoms with Crippen molar-refractivity contribution in [1.29, 1.82) is 0 Å². The van der Waals surface area contributed by atoms with Gasteiger partial charge in [0, 0.05) is 22.7 Å². The first-order valence-electron chi connectivity index (χ1n) is 5.91. The van der Waals surface area contributed by atoms with Crippen LogP contribution < -0.4 is 10.6 Å². The van der Waals surface area contributed by atoms with Crippen molar-refractivity contribution >= 4 is 21.6 Å². The summed E-state index contributed by atoms with van der Waals surface area (Å²) in [4.78, 5) is 0. The molecule has 1 heterocycles. The van der Waals surface area contributed by atoms with Crippen LogP contribution in [-0.4, -0.2) is 19.1 Å². The van der Waals surface area contributed by atoms with E-state index in [0.29, 0.717) is 6.04 Å². The molecule has 0 radical (unpaired) electrons. The van der Waals surface area contributed by atoms with E-state index in [1.54, 1.807) is 0 Å². The molecule has 88 valence electrons. The van der Waals surface area contributed by atoms with Gasteiger partial charge in [-0.25, -0.2) is 0 Å². The smallest absolute Gasteiger partial charge is 0.0386 e. The predicted octanol–water partition coefficient (Wildman–Crippen LogP) is 3.23. The molecule has 1 aromatic carbocycles. The Bertz CT molecular complexity index is 347. The minimum atomic E-state index is 0.578. The molecule has 2 N–H and O–H groups in total. The highest BCUT2D eigenvalue weighted by molar-refractivity contribution is 9.10. The average molecular weight is 283 g/mol. The number of anilines is 1. The normalized spacial score (nSPS) is 20.8. The molecular formula is C13H19BrN2. The Morgan fingerprint density at radius 1 is 1.31 bits per heavy atom. The van der Waals surface area contributed by atoms with Crippen molar-refractivity contribution < 1.29 is 0 Å². The topological polar surface area (TPSA) is 24.1 Å². The summed E-state index contributed by atoms with van der Waals surface area (Å²) in [5.41, 5.74) is 3.84. The molecule has 2 rings (SSSR count). The van der Waals surface area contributed by atoms with Crippen LogP contribution in [-0.2, 0) is 0 Å². The van der Waals surface area contributed by atoms with Crippen molar-refractivity contribution in [2.24, 2.45) is 0 Å². The third kappa shape index (κ3) is 2.77. The minimum absolute atomic E-state index is 0.578. The molecule has 0 amide bonds. The lowest BCUT2D eigenvalue weighted by atomic mass is 10.1. The Balaban J connectivity index is 2.09. The highest BCUT2D eigenvalue weighted by Gasteiger charge is 2.13. The summed E-state index contributed by atoms with van der Waals surface area (Å²) in [7, 11) is 0. The molecular weight excluding hydrogens is 264 g/mol. The first-order valence-corrected chi connectivity index (χ1v) is 6.70. The molecule has 1 aromatic rings. The summed E-state index contributed by atoms with van der Waals surface area (Å²) < 4.78 is 1.22. The number of aryl methyl sites for hydroxylation is 2. The van der Waals surface area contributed by atoms with E-state index >= 15 is 0 Å². The van der Waals surface area contributed by atoms with Crippen LogP contribution in [0.25, 0.3) is 0 Å². The van der Waals surface area contributed by atoms with Crippen LogP contribution in [0, 0.1) is 13.8 Å². The maximum absolute atomic E-state index is 3.61. The average Bonchev–Trinajstić information content (AvgIpc) is 2.27. The fourth-order valence-electron chi connectivity index (χ4n) is 2.24. The molecule has 0 saturated carbocycles. The summed E-state index contributed by atoms with van der Waals surface area (Å²) in [6.07, 6.45) is 2.54. The second-order valence-corrected chi connectivity index (χ2v) is 5.40. The van der Waals surface area contributed by atoms with Gasteiger partial charge in [0.1, 0.15) is 0 Å². The molecule has 16 heavy (non-hydrogen) atoms. The van der Waals surface area contributed by atoms with Gasteiger partial charge in [-0.2, -0.15) is 0 Å².